The molecule has 0 saturated heterocycles. The van der Waals surface area contributed by atoms with Gasteiger partial charge in [-0.15, -0.1) is 5.10 Å². The number of fused-ring (bicyclic) bond motifs is 4. The van der Waals surface area contributed by atoms with Crippen LogP contribution in [0.3, 0.4) is 0 Å². The second kappa shape index (κ2) is 12.3. The van der Waals surface area contributed by atoms with E-state index in [0.29, 0.717) is 34.1 Å². The molecule has 0 radical (unpaired) electrons. The van der Waals surface area contributed by atoms with Crippen molar-refractivity contribution >= 4 is 23.2 Å². The summed E-state index contributed by atoms with van der Waals surface area (Å²) in [6.07, 6.45) is 0.434. The van der Waals surface area contributed by atoms with Gasteiger partial charge in [-0.2, -0.15) is 27.1 Å². The summed E-state index contributed by atoms with van der Waals surface area (Å²) in [5.74, 6) is -1.96. The number of nitrogens with one attached hydrogen (secondary N) is 1. The second-order valence-electron chi connectivity index (χ2n) is 10.8. The fourth-order valence-corrected chi connectivity index (χ4v) is 5.59. The molecule has 5 aromatic rings. The molecule has 6 rings (SSSR count). The fraction of sp³-hybridized carbons (Fsp3) is 0.276. The van der Waals surface area contributed by atoms with E-state index in [0.717, 1.165) is 18.3 Å². The summed E-state index contributed by atoms with van der Waals surface area (Å²) in [6.45, 7) is -1.34. The van der Waals surface area contributed by atoms with Crippen LogP contribution < -0.4 is 10.9 Å². The minimum Gasteiger partial charge on any atom is -0.323 e. The van der Waals surface area contributed by atoms with E-state index in [1.165, 1.54) is 35.3 Å². The van der Waals surface area contributed by atoms with Gasteiger partial charge in [0.25, 0.3) is 5.56 Å². The first kappa shape index (κ1) is 31.9. The van der Waals surface area contributed by atoms with Crippen LogP contribution in [0.25, 0.3) is 28.2 Å². The maximum Gasteiger partial charge on any atom is 0.436 e. The van der Waals surface area contributed by atoms with Gasteiger partial charge in [-0.1, -0.05) is 30.2 Å². The number of pyridine rings is 1. The Labute approximate surface area is 265 Å². The van der Waals surface area contributed by atoms with E-state index in [-0.39, 0.29) is 39.6 Å². The van der Waals surface area contributed by atoms with Crippen molar-refractivity contribution in [3.8, 4) is 28.2 Å². The number of hydrogen-bond acceptors (Lipinski definition) is 7. The van der Waals surface area contributed by atoms with E-state index in [2.05, 4.69) is 30.7 Å². The third-order valence-electron chi connectivity index (χ3n) is 7.69. The van der Waals surface area contributed by atoms with Crippen LogP contribution in [0.1, 0.15) is 50.2 Å². The molecule has 0 saturated carbocycles. The van der Waals surface area contributed by atoms with E-state index in [9.17, 15) is 31.5 Å². The normalized spacial score (nSPS) is 17.2. The third-order valence-corrected chi connectivity index (χ3v) is 7.90. The molecule has 1 aromatic carbocycles. The summed E-state index contributed by atoms with van der Waals surface area (Å²) < 4.78 is 84.9. The number of halogens is 7. The summed E-state index contributed by atoms with van der Waals surface area (Å²) in [5.41, 5.74) is -2.14. The van der Waals surface area contributed by atoms with Gasteiger partial charge in [-0.3, -0.25) is 19.1 Å². The molecule has 1 aliphatic heterocycles. The highest BCUT2D eigenvalue weighted by molar-refractivity contribution is 6.31. The van der Waals surface area contributed by atoms with Crippen molar-refractivity contribution in [1.82, 2.24) is 39.3 Å². The van der Waals surface area contributed by atoms with Gasteiger partial charge >= 0.3 is 12.7 Å². The SMILES string of the molecule is C[C@@H]1CCC[C@H](n2cnc(-c3cc(Cl)cc(F)c3-n3cc(C(F)(F)F)nn3)cc2=O)c2cc(ccn2)-c2c(cnn2C(F)F)NC1=O. The summed E-state index contributed by atoms with van der Waals surface area (Å²) in [7, 11) is 0. The van der Waals surface area contributed by atoms with Crippen molar-refractivity contribution in [2.75, 3.05) is 5.32 Å². The zero-order valence-electron chi connectivity index (χ0n) is 24.1. The number of carbonyl (C=O) groups is 1. The number of rotatable bonds is 4. The molecule has 2 bridgehead atoms. The molecule has 244 valence electrons. The highest BCUT2D eigenvalue weighted by atomic mass is 35.5. The first-order chi connectivity index (χ1) is 22.3. The van der Waals surface area contributed by atoms with Crippen molar-refractivity contribution in [1.29, 1.82) is 0 Å². The summed E-state index contributed by atoms with van der Waals surface area (Å²) in [5, 5.41) is 12.8. The number of hydrogen-bond donors (Lipinski definition) is 1. The van der Waals surface area contributed by atoms with Crippen LogP contribution in [0.15, 0.2) is 60.0 Å². The molecule has 1 N–H and O–H groups in total. The van der Waals surface area contributed by atoms with Crippen LogP contribution in [0.4, 0.5) is 32.0 Å². The Kier molecular flexibility index (Phi) is 8.33. The van der Waals surface area contributed by atoms with Gasteiger partial charge in [0, 0.05) is 34.3 Å². The smallest absolute Gasteiger partial charge is 0.323 e. The molecule has 1 amide bonds. The lowest BCUT2D eigenvalue weighted by Crippen LogP contribution is -2.27. The van der Waals surface area contributed by atoms with E-state index in [1.54, 1.807) is 6.92 Å². The third kappa shape index (κ3) is 6.22. The Morgan fingerprint density at radius 3 is 2.57 bits per heavy atom. The lowest BCUT2D eigenvalue weighted by molar-refractivity contribution is -0.141. The van der Waals surface area contributed by atoms with Crippen LogP contribution >= 0.6 is 11.6 Å². The van der Waals surface area contributed by atoms with E-state index in [4.69, 9.17) is 11.6 Å². The summed E-state index contributed by atoms with van der Waals surface area (Å²) >= 11 is 6.07. The van der Waals surface area contributed by atoms with Crippen molar-refractivity contribution in [2.24, 2.45) is 5.92 Å². The van der Waals surface area contributed by atoms with Gasteiger partial charge < -0.3 is 5.32 Å². The molecule has 0 aliphatic carbocycles. The zero-order chi connectivity index (χ0) is 33.6. The average molecular weight is 678 g/mol. The van der Waals surface area contributed by atoms with Crippen LogP contribution in [0.5, 0.6) is 0 Å². The quantitative estimate of drug-likeness (QED) is 0.221. The minimum atomic E-state index is -4.85. The van der Waals surface area contributed by atoms with Crippen LogP contribution in [-0.4, -0.2) is 45.2 Å². The number of benzene rings is 1. The summed E-state index contributed by atoms with van der Waals surface area (Å²) in [4.78, 5) is 35.3. The van der Waals surface area contributed by atoms with Crippen molar-refractivity contribution in [2.45, 2.75) is 45.0 Å². The first-order valence-corrected chi connectivity index (χ1v) is 14.4. The summed E-state index contributed by atoms with van der Waals surface area (Å²) in [6, 6.07) is 5.33. The predicted octanol–water partition coefficient (Wildman–Crippen LogP) is 6.30. The Balaban J connectivity index is 1.45. The molecule has 0 spiro atoms. The van der Waals surface area contributed by atoms with Crippen LogP contribution in [0, 0.1) is 11.7 Å². The van der Waals surface area contributed by atoms with Crippen molar-refractivity contribution in [3.05, 3.63) is 87.8 Å². The van der Waals surface area contributed by atoms with Gasteiger partial charge in [-0.05, 0) is 37.1 Å². The minimum absolute atomic E-state index is 0.0540. The monoisotopic (exact) mass is 677 g/mol. The highest BCUT2D eigenvalue weighted by Crippen LogP contribution is 2.36. The molecule has 11 nitrogen and oxygen atoms in total. The topological polar surface area (TPSA) is 125 Å². The molecular weight excluding hydrogens is 656 g/mol. The largest absolute Gasteiger partial charge is 0.436 e. The number of anilines is 1. The van der Waals surface area contributed by atoms with E-state index >= 15 is 4.39 Å². The number of nitrogens with zero attached hydrogens (tertiary/aromatic N) is 8. The standard InChI is InChI=1S/C29H22ClF6N9O2/c1-14-3-2-4-22(20-7-15(5-6-37-20)25-21(40-27(14)47)11-39-45(25)28(32)33)43-13-38-19(10-24(43)46)17-8-16(30)9-18(31)26(17)44-12-23(41-42-44)29(34,35)36/h5-14,22,28H,2-4H2,1H3,(H,40,47)/t14-,22+/m1/s1. The van der Waals surface area contributed by atoms with Crippen molar-refractivity contribution < 1.29 is 31.1 Å². The molecule has 5 heterocycles. The molecule has 0 fully saturated rings. The number of carbonyl (C=O) groups excluding carboxylic acids is 1. The first-order valence-electron chi connectivity index (χ1n) is 14.0. The van der Waals surface area contributed by atoms with Gasteiger partial charge in [0.2, 0.25) is 5.91 Å². The van der Waals surface area contributed by atoms with Gasteiger partial charge in [0.05, 0.1) is 47.5 Å². The Hall–Kier alpha value is -5.06. The molecule has 4 aromatic heterocycles. The molecule has 18 heteroatoms. The zero-order valence-corrected chi connectivity index (χ0v) is 24.8. The van der Waals surface area contributed by atoms with Crippen LogP contribution in [0.2, 0.25) is 5.02 Å². The molecule has 47 heavy (non-hydrogen) atoms. The predicted molar refractivity (Wildman–Crippen MR) is 155 cm³/mol. The molecule has 0 unspecified atom stereocenters. The number of aromatic nitrogens is 8. The lowest BCUT2D eigenvalue weighted by Gasteiger charge is -2.22. The van der Waals surface area contributed by atoms with Crippen molar-refractivity contribution in [3.63, 3.8) is 0 Å². The Bertz CT molecular complexity index is 2040. The van der Waals surface area contributed by atoms with Gasteiger partial charge in [0.15, 0.2) is 11.5 Å². The lowest BCUT2D eigenvalue weighted by atomic mass is 9.97. The van der Waals surface area contributed by atoms with E-state index in [1.807, 2.05) is 0 Å². The molecular formula is C29H22ClF6N9O2. The maximum atomic E-state index is 15.2. The van der Waals surface area contributed by atoms with Gasteiger partial charge in [0.1, 0.15) is 5.69 Å². The van der Waals surface area contributed by atoms with Crippen LogP contribution in [-0.2, 0) is 11.0 Å². The van der Waals surface area contributed by atoms with Gasteiger partial charge in [-0.25, -0.2) is 18.7 Å². The highest BCUT2D eigenvalue weighted by Gasteiger charge is 2.35. The number of alkyl halides is 5. The average Bonchev–Trinajstić information content (AvgIpc) is 3.67. The Morgan fingerprint density at radius 2 is 1.87 bits per heavy atom. The Morgan fingerprint density at radius 1 is 1.09 bits per heavy atom. The molecule has 2 atom stereocenters. The second-order valence-corrected chi connectivity index (χ2v) is 11.2. The van der Waals surface area contributed by atoms with E-state index < -0.39 is 53.4 Å². The maximum absolute atomic E-state index is 15.2. The number of amides is 1. The fourth-order valence-electron chi connectivity index (χ4n) is 5.39. The molecule has 1 aliphatic rings.